The lowest BCUT2D eigenvalue weighted by atomic mass is 10.1. The van der Waals surface area contributed by atoms with Gasteiger partial charge in [-0.2, -0.15) is 5.10 Å². The lowest BCUT2D eigenvalue weighted by Crippen LogP contribution is -2.01. The minimum absolute atomic E-state index is 0.00446. The van der Waals surface area contributed by atoms with Crippen LogP contribution in [0.15, 0.2) is 47.6 Å². The molecule has 0 fully saturated rings. The Morgan fingerprint density at radius 2 is 2.04 bits per heavy atom. The Morgan fingerprint density at radius 3 is 2.88 bits per heavy atom. The molecule has 1 N–H and O–H groups in total. The molecule has 7 heteroatoms. The van der Waals surface area contributed by atoms with Gasteiger partial charge in [-0.25, -0.2) is 0 Å². The number of nitro groups is 1. The number of hydrogen-bond donors (Lipinski definition) is 1. The maximum absolute atomic E-state index is 11.0. The predicted molar refractivity (Wildman–Crippen MR) is 90.7 cm³/mol. The fourth-order valence-corrected chi connectivity index (χ4v) is 2.36. The van der Waals surface area contributed by atoms with Crippen molar-refractivity contribution in [1.29, 1.82) is 0 Å². The van der Waals surface area contributed by atoms with Crippen molar-refractivity contribution in [2.24, 2.45) is 5.10 Å². The molecule has 2 aromatic carbocycles. The third-order valence-electron chi connectivity index (χ3n) is 3.68. The number of nitrogens with zero attached hydrogens (tertiary/aromatic N) is 2. The van der Waals surface area contributed by atoms with Crippen molar-refractivity contribution in [3.05, 3.63) is 58.1 Å². The molecule has 0 saturated heterocycles. The number of para-hydroxylation sites is 2. The molecule has 0 aromatic heterocycles. The van der Waals surface area contributed by atoms with E-state index in [1.165, 1.54) is 6.07 Å². The molecule has 24 heavy (non-hydrogen) atoms. The highest BCUT2D eigenvalue weighted by Gasteiger charge is 2.13. The first-order valence-electron chi connectivity index (χ1n) is 7.54. The molecule has 0 radical (unpaired) electrons. The number of nitrogens with one attached hydrogen (secondary N) is 1. The summed E-state index contributed by atoms with van der Waals surface area (Å²) in [5, 5.41) is 15.2. The van der Waals surface area contributed by atoms with E-state index >= 15 is 0 Å². The van der Waals surface area contributed by atoms with Gasteiger partial charge in [0.05, 0.1) is 4.92 Å². The topological polar surface area (TPSA) is 86.0 Å². The van der Waals surface area contributed by atoms with Crippen LogP contribution in [0.2, 0.25) is 0 Å². The zero-order valence-corrected chi connectivity index (χ0v) is 13.2. The summed E-state index contributed by atoms with van der Waals surface area (Å²) in [4.78, 5) is 10.5. The van der Waals surface area contributed by atoms with E-state index in [0.717, 1.165) is 35.6 Å². The monoisotopic (exact) mass is 327 g/mol. The summed E-state index contributed by atoms with van der Waals surface area (Å²) in [5.74, 6) is 1.53. The van der Waals surface area contributed by atoms with E-state index in [1.807, 2.05) is 25.1 Å². The lowest BCUT2D eigenvalue weighted by Gasteiger charge is -2.05. The number of ether oxygens (including phenoxy) is 2. The maximum Gasteiger partial charge on any atom is 0.294 e. The minimum Gasteiger partial charge on any atom is -0.454 e. The SMILES string of the molecule is C/C(CCc1ccc2c(c1)OCO2)=N/Nc1ccccc1[N+](=O)[O-]. The van der Waals surface area contributed by atoms with Crippen LogP contribution < -0.4 is 14.9 Å². The summed E-state index contributed by atoms with van der Waals surface area (Å²) in [6.07, 6.45) is 1.53. The Hall–Kier alpha value is -3.09. The van der Waals surface area contributed by atoms with Crippen molar-refractivity contribution in [1.82, 2.24) is 0 Å². The van der Waals surface area contributed by atoms with Crippen LogP contribution in [0.1, 0.15) is 18.9 Å². The van der Waals surface area contributed by atoms with Crippen LogP contribution in [-0.4, -0.2) is 17.4 Å². The number of benzene rings is 2. The van der Waals surface area contributed by atoms with Gasteiger partial charge < -0.3 is 9.47 Å². The Kier molecular flexibility index (Phi) is 4.60. The molecule has 1 aliphatic rings. The minimum atomic E-state index is -0.431. The van der Waals surface area contributed by atoms with E-state index in [-0.39, 0.29) is 12.5 Å². The summed E-state index contributed by atoms with van der Waals surface area (Å²) in [6.45, 7) is 2.15. The van der Waals surface area contributed by atoms with Crippen molar-refractivity contribution < 1.29 is 14.4 Å². The zero-order valence-electron chi connectivity index (χ0n) is 13.2. The average Bonchev–Trinajstić information content (AvgIpc) is 3.06. The van der Waals surface area contributed by atoms with Crippen molar-refractivity contribution in [3.8, 4) is 11.5 Å². The Balaban J connectivity index is 1.60. The van der Waals surface area contributed by atoms with Crippen LogP contribution in [-0.2, 0) is 6.42 Å². The largest absolute Gasteiger partial charge is 0.454 e. The van der Waals surface area contributed by atoms with E-state index in [4.69, 9.17) is 9.47 Å². The number of nitro benzene ring substituents is 1. The third-order valence-corrected chi connectivity index (χ3v) is 3.68. The second-order valence-corrected chi connectivity index (χ2v) is 5.42. The summed E-state index contributed by atoms with van der Waals surface area (Å²) in [7, 11) is 0. The number of hydrogen-bond acceptors (Lipinski definition) is 6. The normalized spacial score (nSPS) is 13.0. The number of hydrazone groups is 1. The molecule has 0 spiro atoms. The summed E-state index contributed by atoms with van der Waals surface area (Å²) in [6, 6.07) is 12.3. The average molecular weight is 327 g/mol. The maximum atomic E-state index is 11.0. The second-order valence-electron chi connectivity index (χ2n) is 5.42. The van der Waals surface area contributed by atoms with Gasteiger partial charge in [-0.3, -0.25) is 15.5 Å². The molecule has 2 aromatic rings. The second kappa shape index (κ2) is 6.99. The van der Waals surface area contributed by atoms with Gasteiger partial charge in [0.15, 0.2) is 11.5 Å². The molecule has 0 saturated carbocycles. The molecule has 3 rings (SSSR count). The van der Waals surface area contributed by atoms with Crippen molar-refractivity contribution in [3.63, 3.8) is 0 Å². The number of fused-ring (bicyclic) bond motifs is 1. The third kappa shape index (κ3) is 3.62. The highest BCUT2D eigenvalue weighted by atomic mass is 16.7. The summed E-state index contributed by atoms with van der Waals surface area (Å²) < 4.78 is 10.6. The van der Waals surface area contributed by atoms with Gasteiger partial charge >= 0.3 is 0 Å². The molecule has 0 atom stereocenters. The molecule has 0 aliphatic carbocycles. The molecular weight excluding hydrogens is 310 g/mol. The quantitative estimate of drug-likeness (QED) is 0.496. The van der Waals surface area contributed by atoms with Crippen LogP contribution in [0.4, 0.5) is 11.4 Å². The van der Waals surface area contributed by atoms with Crippen LogP contribution in [0.25, 0.3) is 0 Å². The standard InChI is InChI=1S/C17H17N3O4/c1-12(18-19-14-4-2-3-5-15(14)20(21)22)6-7-13-8-9-16-17(10-13)24-11-23-16/h2-5,8-10,19H,6-7,11H2,1H3/b18-12-. The Bertz CT molecular complexity index is 789. The fraction of sp³-hybridized carbons (Fsp3) is 0.235. The molecule has 124 valence electrons. The van der Waals surface area contributed by atoms with Crippen LogP contribution in [0.5, 0.6) is 11.5 Å². The number of anilines is 1. The van der Waals surface area contributed by atoms with Gasteiger partial charge in [-0.15, -0.1) is 0 Å². The Labute approximate surface area is 139 Å². The van der Waals surface area contributed by atoms with Gasteiger partial charge in [-0.1, -0.05) is 18.2 Å². The van der Waals surface area contributed by atoms with Crippen molar-refractivity contribution in [2.45, 2.75) is 19.8 Å². The molecule has 0 amide bonds. The molecular formula is C17H17N3O4. The van der Waals surface area contributed by atoms with E-state index < -0.39 is 4.92 Å². The van der Waals surface area contributed by atoms with Crippen LogP contribution in [0, 0.1) is 10.1 Å². The lowest BCUT2D eigenvalue weighted by molar-refractivity contribution is -0.384. The van der Waals surface area contributed by atoms with Crippen LogP contribution in [0.3, 0.4) is 0 Å². The number of rotatable bonds is 6. The van der Waals surface area contributed by atoms with E-state index in [2.05, 4.69) is 10.5 Å². The fourth-order valence-electron chi connectivity index (χ4n) is 2.36. The van der Waals surface area contributed by atoms with Gasteiger partial charge in [0.1, 0.15) is 5.69 Å². The molecule has 0 bridgehead atoms. The first-order chi connectivity index (χ1) is 11.6. The number of aryl methyl sites for hydroxylation is 1. The summed E-state index contributed by atoms with van der Waals surface area (Å²) >= 11 is 0. The first-order valence-corrected chi connectivity index (χ1v) is 7.54. The molecule has 1 aliphatic heterocycles. The molecule has 0 unspecified atom stereocenters. The van der Waals surface area contributed by atoms with Crippen LogP contribution >= 0.6 is 0 Å². The smallest absolute Gasteiger partial charge is 0.294 e. The van der Waals surface area contributed by atoms with E-state index in [0.29, 0.717) is 5.69 Å². The Morgan fingerprint density at radius 1 is 1.25 bits per heavy atom. The van der Waals surface area contributed by atoms with E-state index in [1.54, 1.807) is 18.2 Å². The molecule has 1 heterocycles. The van der Waals surface area contributed by atoms with E-state index in [9.17, 15) is 10.1 Å². The van der Waals surface area contributed by atoms with Gasteiger partial charge in [-0.05, 0) is 43.5 Å². The van der Waals surface area contributed by atoms with Gasteiger partial charge in [0.2, 0.25) is 6.79 Å². The zero-order chi connectivity index (χ0) is 16.9. The van der Waals surface area contributed by atoms with Gasteiger partial charge in [0.25, 0.3) is 5.69 Å². The highest BCUT2D eigenvalue weighted by molar-refractivity contribution is 5.83. The summed E-state index contributed by atoms with van der Waals surface area (Å²) in [5.41, 5.74) is 5.14. The molecule has 7 nitrogen and oxygen atoms in total. The predicted octanol–water partition coefficient (Wildman–Crippen LogP) is 3.74. The van der Waals surface area contributed by atoms with Gasteiger partial charge in [0, 0.05) is 11.8 Å². The highest BCUT2D eigenvalue weighted by Crippen LogP contribution is 2.32. The van der Waals surface area contributed by atoms with Crippen molar-refractivity contribution in [2.75, 3.05) is 12.2 Å². The first kappa shape index (κ1) is 15.8. The van der Waals surface area contributed by atoms with Crippen molar-refractivity contribution >= 4 is 17.1 Å².